The molecule has 1 aromatic rings. The van der Waals surface area contributed by atoms with Crippen LogP contribution in [0.3, 0.4) is 0 Å². The van der Waals surface area contributed by atoms with Gasteiger partial charge in [0.1, 0.15) is 11.9 Å². The lowest BCUT2D eigenvalue weighted by Crippen LogP contribution is -2.00. The molecule has 0 aliphatic heterocycles. The van der Waals surface area contributed by atoms with Gasteiger partial charge in [-0.1, -0.05) is 0 Å². The summed E-state index contributed by atoms with van der Waals surface area (Å²) in [7, 11) is 1.29. The third-order valence-corrected chi connectivity index (χ3v) is 2.10. The van der Waals surface area contributed by atoms with E-state index >= 15 is 0 Å². The summed E-state index contributed by atoms with van der Waals surface area (Å²) in [4.78, 5) is 11.0. The first-order chi connectivity index (χ1) is 6.22. The average Bonchev–Trinajstić information content (AvgIpc) is 2.70. The summed E-state index contributed by atoms with van der Waals surface area (Å²) >= 11 is 0. The van der Waals surface area contributed by atoms with Crippen LogP contribution in [0.25, 0.3) is 0 Å². The molecular formula is C8H9FN2O2. The number of halogens is 1. The van der Waals surface area contributed by atoms with E-state index in [1.807, 2.05) is 0 Å². The van der Waals surface area contributed by atoms with E-state index in [0.717, 1.165) is 0 Å². The Balaban J connectivity index is 2.14. The Morgan fingerprint density at radius 3 is 3.08 bits per heavy atom. The number of methoxy groups -OCH3 is 1. The third-order valence-electron chi connectivity index (χ3n) is 2.10. The number of H-pyrrole nitrogens is 1. The molecule has 1 N–H and O–H groups in total. The van der Waals surface area contributed by atoms with Crippen molar-refractivity contribution >= 4 is 5.97 Å². The molecule has 70 valence electrons. The molecule has 0 radical (unpaired) electrons. The highest BCUT2D eigenvalue weighted by atomic mass is 19.1. The van der Waals surface area contributed by atoms with Crippen molar-refractivity contribution in [2.45, 2.75) is 18.5 Å². The van der Waals surface area contributed by atoms with Gasteiger partial charge in [0, 0.05) is 5.92 Å². The minimum absolute atomic E-state index is 0.130. The summed E-state index contributed by atoms with van der Waals surface area (Å²) < 4.78 is 17.1. The van der Waals surface area contributed by atoms with Crippen LogP contribution in [-0.4, -0.2) is 29.4 Å². The number of ether oxygens (including phenoxy) is 1. The second-order valence-corrected chi connectivity index (χ2v) is 3.06. The van der Waals surface area contributed by atoms with Crippen LogP contribution >= 0.6 is 0 Å². The number of rotatable bonds is 2. The van der Waals surface area contributed by atoms with Gasteiger partial charge in [0.15, 0.2) is 0 Å². The first-order valence-corrected chi connectivity index (χ1v) is 4.00. The summed E-state index contributed by atoms with van der Waals surface area (Å²) in [6.45, 7) is 0. The van der Waals surface area contributed by atoms with Gasteiger partial charge in [-0.25, -0.2) is 9.18 Å². The van der Waals surface area contributed by atoms with Gasteiger partial charge in [-0.2, -0.15) is 5.10 Å². The van der Waals surface area contributed by atoms with Crippen LogP contribution in [0.2, 0.25) is 0 Å². The summed E-state index contributed by atoms with van der Waals surface area (Å²) in [6, 6.07) is 1.54. The number of esters is 1. The van der Waals surface area contributed by atoms with Crippen molar-refractivity contribution in [2.24, 2.45) is 0 Å². The zero-order chi connectivity index (χ0) is 9.42. The van der Waals surface area contributed by atoms with E-state index in [0.29, 0.717) is 12.1 Å². The maximum absolute atomic E-state index is 12.6. The van der Waals surface area contributed by atoms with Gasteiger partial charge < -0.3 is 4.74 Å². The number of carbonyl (C=O) groups is 1. The van der Waals surface area contributed by atoms with Crippen molar-refractivity contribution < 1.29 is 13.9 Å². The molecule has 1 aromatic heterocycles. The van der Waals surface area contributed by atoms with Gasteiger partial charge in [0.05, 0.1) is 12.8 Å². The van der Waals surface area contributed by atoms with Crippen molar-refractivity contribution in [1.82, 2.24) is 10.2 Å². The Morgan fingerprint density at radius 1 is 1.85 bits per heavy atom. The Bertz CT molecular complexity index is 337. The lowest BCUT2D eigenvalue weighted by molar-refractivity contribution is 0.0594. The second kappa shape index (κ2) is 2.83. The van der Waals surface area contributed by atoms with Crippen molar-refractivity contribution in [1.29, 1.82) is 0 Å². The normalized spacial score (nSPS) is 25.7. The lowest BCUT2D eigenvalue weighted by Gasteiger charge is -1.90. The fourth-order valence-electron chi connectivity index (χ4n) is 1.21. The van der Waals surface area contributed by atoms with Crippen LogP contribution in [0.5, 0.6) is 0 Å². The van der Waals surface area contributed by atoms with Crippen LogP contribution < -0.4 is 0 Å². The number of nitrogens with one attached hydrogen (secondary N) is 1. The molecule has 0 spiro atoms. The minimum Gasteiger partial charge on any atom is -0.464 e. The maximum Gasteiger partial charge on any atom is 0.356 e. The van der Waals surface area contributed by atoms with E-state index in [2.05, 4.69) is 14.9 Å². The monoisotopic (exact) mass is 184 g/mol. The van der Waals surface area contributed by atoms with Gasteiger partial charge in [0.2, 0.25) is 0 Å². The highest BCUT2D eigenvalue weighted by Gasteiger charge is 2.40. The zero-order valence-corrected chi connectivity index (χ0v) is 7.08. The SMILES string of the molecule is COC(=O)c1cc(C2CC2F)n[nH]1. The van der Waals surface area contributed by atoms with E-state index < -0.39 is 12.1 Å². The van der Waals surface area contributed by atoms with Gasteiger partial charge >= 0.3 is 5.97 Å². The molecule has 0 aromatic carbocycles. The molecule has 13 heavy (non-hydrogen) atoms. The number of aromatic nitrogens is 2. The van der Waals surface area contributed by atoms with Gasteiger partial charge in [-0.15, -0.1) is 0 Å². The second-order valence-electron chi connectivity index (χ2n) is 3.06. The number of hydrogen-bond donors (Lipinski definition) is 1. The number of nitrogens with zero attached hydrogens (tertiary/aromatic N) is 1. The molecule has 0 saturated heterocycles. The van der Waals surface area contributed by atoms with Crippen molar-refractivity contribution in [3.05, 3.63) is 17.5 Å². The molecule has 1 fully saturated rings. The quantitative estimate of drug-likeness (QED) is 0.698. The summed E-state index contributed by atoms with van der Waals surface area (Å²) in [5.74, 6) is -0.607. The Hall–Kier alpha value is -1.39. The van der Waals surface area contributed by atoms with Crippen molar-refractivity contribution in [3.63, 3.8) is 0 Å². The summed E-state index contributed by atoms with van der Waals surface area (Å²) in [5.41, 5.74) is 0.879. The summed E-state index contributed by atoms with van der Waals surface area (Å²) in [5, 5.41) is 6.34. The van der Waals surface area contributed by atoms with Crippen LogP contribution in [0.1, 0.15) is 28.5 Å². The average molecular weight is 184 g/mol. The third kappa shape index (κ3) is 1.41. The summed E-state index contributed by atoms with van der Waals surface area (Å²) in [6.07, 6.45) is -0.292. The standard InChI is InChI=1S/C8H9FN2O2/c1-13-8(12)7-3-6(10-11-7)4-2-5(4)9/h3-5H,2H2,1H3,(H,10,11). The van der Waals surface area contributed by atoms with E-state index in [1.165, 1.54) is 13.2 Å². The van der Waals surface area contributed by atoms with E-state index in [1.54, 1.807) is 0 Å². The fraction of sp³-hybridized carbons (Fsp3) is 0.500. The molecule has 2 unspecified atom stereocenters. The van der Waals surface area contributed by atoms with Crippen LogP contribution in [0.15, 0.2) is 6.07 Å². The molecule has 5 heteroatoms. The number of carbonyl (C=O) groups excluding carboxylic acids is 1. The first-order valence-electron chi connectivity index (χ1n) is 4.00. The topological polar surface area (TPSA) is 55.0 Å². The molecule has 1 heterocycles. The van der Waals surface area contributed by atoms with Gasteiger partial charge in [0.25, 0.3) is 0 Å². The smallest absolute Gasteiger partial charge is 0.356 e. The highest BCUT2D eigenvalue weighted by Crippen LogP contribution is 2.42. The Kier molecular flexibility index (Phi) is 1.79. The predicted molar refractivity (Wildman–Crippen MR) is 42.2 cm³/mol. The van der Waals surface area contributed by atoms with Gasteiger partial charge in [-0.3, -0.25) is 5.10 Å². The van der Waals surface area contributed by atoms with E-state index in [4.69, 9.17) is 0 Å². The van der Waals surface area contributed by atoms with Crippen LogP contribution in [0.4, 0.5) is 4.39 Å². The maximum atomic E-state index is 12.6. The largest absolute Gasteiger partial charge is 0.464 e. The first kappa shape index (κ1) is 8.22. The highest BCUT2D eigenvalue weighted by molar-refractivity contribution is 5.87. The molecule has 0 amide bonds. The van der Waals surface area contributed by atoms with Gasteiger partial charge in [-0.05, 0) is 12.5 Å². The number of aromatic amines is 1. The Labute approximate surface area is 74.1 Å². The van der Waals surface area contributed by atoms with Crippen LogP contribution in [-0.2, 0) is 4.74 Å². The van der Waals surface area contributed by atoms with E-state index in [9.17, 15) is 9.18 Å². The number of alkyl halides is 1. The molecule has 1 saturated carbocycles. The molecule has 1 aliphatic rings. The van der Waals surface area contributed by atoms with Crippen molar-refractivity contribution in [3.8, 4) is 0 Å². The lowest BCUT2D eigenvalue weighted by atomic mass is 10.2. The Morgan fingerprint density at radius 2 is 2.54 bits per heavy atom. The van der Waals surface area contributed by atoms with Crippen molar-refractivity contribution in [2.75, 3.05) is 7.11 Å². The minimum atomic E-state index is -0.797. The predicted octanol–water partition coefficient (Wildman–Crippen LogP) is 1.02. The number of hydrogen-bond acceptors (Lipinski definition) is 3. The molecule has 0 bridgehead atoms. The molecule has 2 rings (SSSR count). The van der Waals surface area contributed by atoms with E-state index in [-0.39, 0.29) is 11.6 Å². The fourth-order valence-corrected chi connectivity index (χ4v) is 1.21. The molecule has 1 aliphatic carbocycles. The molecule has 2 atom stereocenters. The molecule has 4 nitrogen and oxygen atoms in total. The molecular weight excluding hydrogens is 175 g/mol. The zero-order valence-electron chi connectivity index (χ0n) is 7.08. The van der Waals surface area contributed by atoms with Crippen LogP contribution in [0, 0.1) is 0 Å².